The number of hydrogen-bond donors (Lipinski definition) is 1. The monoisotopic (exact) mass is 325 g/mol. The Morgan fingerprint density at radius 3 is 2.75 bits per heavy atom. The maximum atomic E-state index is 12.3. The number of pyridine rings is 1. The molecule has 0 saturated carbocycles. The lowest BCUT2D eigenvalue weighted by molar-refractivity contribution is 0.0942. The van der Waals surface area contributed by atoms with Gasteiger partial charge in [0.25, 0.3) is 5.91 Å². The van der Waals surface area contributed by atoms with Crippen LogP contribution in [-0.4, -0.2) is 37.6 Å². The van der Waals surface area contributed by atoms with Crippen molar-refractivity contribution in [2.24, 2.45) is 5.92 Å². The maximum Gasteiger partial charge on any atom is 0.255 e. The molecule has 1 aromatic carbocycles. The fraction of sp³-hybridized carbons (Fsp3) is 0.368. The van der Waals surface area contributed by atoms with Crippen LogP contribution in [0.25, 0.3) is 0 Å². The lowest BCUT2D eigenvalue weighted by Crippen LogP contribution is -2.38. The molecule has 24 heavy (non-hydrogen) atoms. The second-order valence-electron chi connectivity index (χ2n) is 6.05. The van der Waals surface area contributed by atoms with Crippen molar-refractivity contribution in [1.82, 2.24) is 10.3 Å². The van der Waals surface area contributed by atoms with E-state index in [1.54, 1.807) is 25.4 Å². The third-order valence-electron chi connectivity index (χ3n) is 4.53. The van der Waals surface area contributed by atoms with Gasteiger partial charge in [-0.1, -0.05) is 12.1 Å². The summed E-state index contributed by atoms with van der Waals surface area (Å²) in [5.41, 5.74) is 1.77. The normalized spacial score (nSPS) is 15.1. The standard InChI is InChI=1S/C19H23N3O2/c1-24-18-7-3-2-6-17(18)19(23)21-13-15-8-11-22(12-9-15)16-5-4-10-20-14-16/h2-7,10,14-15H,8-9,11-13H2,1H3,(H,21,23). The van der Waals surface area contributed by atoms with Crippen molar-refractivity contribution in [3.8, 4) is 5.75 Å². The zero-order chi connectivity index (χ0) is 16.8. The Morgan fingerprint density at radius 2 is 2.04 bits per heavy atom. The van der Waals surface area contributed by atoms with E-state index in [9.17, 15) is 4.79 Å². The van der Waals surface area contributed by atoms with E-state index >= 15 is 0 Å². The molecule has 2 heterocycles. The first-order chi connectivity index (χ1) is 11.8. The average molecular weight is 325 g/mol. The lowest BCUT2D eigenvalue weighted by atomic mass is 9.96. The molecule has 1 saturated heterocycles. The first-order valence-corrected chi connectivity index (χ1v) is 8.34. The quantitative estimate of drug-likeness (QED) is 0.918. The minimum Gasteiger partial charge on any atom is -0.496 e. The van der Waals surface area contributed by atoms with Crippen molar-refractivity contribution in [3.05, 3.63) is 54.4 Å². The first kappa shape index (κ1) is 16.3. The van der Waals surface area contributed by atoms with E-state index in [0.29, 0.717) is 23.8 Å². The molecule has 5 nitrogen and oxygen atoms in total. The van der Waals surface area contributed by atoms with Gasteiger partial charge in [0, 0.05) is 25.8 Å². The number of hydrogen-bond acceptors (Lipinski definition) is 4. The molecule has 126 valence electrons. The Balaban J connectivity index is 1.49. The summed E-state index contributed by atoms with van der Waals surface area (Å²) in [7, 11) is 1.58. The lowest BCUT2D eigenvalue weighted by Gasteiger charge is -2.33. The second kappa shape index (κ2) is 7.81. The van der Waals surface area contributed by atoms with E-state index in [1.165, 1.54) is 5.69 Å². The number of piperidine rings is 1. The SMILES string of the molecule is COc1ccccc1C(=O)NCC1CCN(c2cccnc2)CC1. The average Bonchev–Trinajstić information content (AvgIpc) is 2.67. The van der Waals surface area contributed by atoms with Crippen molar-refractivity contribution in [1.29, 1.82) is 0 Å². The molecule has 1 fully saturated rings. The molecular weight excluding hydrogens is 302 g/mol. The number of anilines is 1. The van der Waals surface area contributed by atoms with Crippen LogP contribution < -0.4 is 15.0 Å². The molecule has 0 radical (unpaired) electrons. The van der Waals surface area contributed by atoms with E-state index in [4.69, 9.17) is 4.74 Å². The number of aromatic nitrogens is 1. The fourth-order valence-electron chi connectivity index (χ4n) is 3.10. The number of carbonyl (C=O) groups is 1. The Bertz CT molecular complexity index is 667. The van der Waals surface area contributed by atoms with Gasteiger partial charge in [0.2, 0.25) is 0 Å². The van der Waals surface area contributed by atoms with Crippen LogP contribution in [0.3, 0.4) is 0 Å². The number of nitrogens with zero attached hydrogens (tertiary/aromatic N) is 2. The Morgan fingerprint density at radius 1 is 1.25 bits per heavy atom. The van der Waals surface area contributed by atoms with Crippen LogP contribution in [0.4, 0.5) is 5.69 Å². The molecule has 1 aliphatic heterocycles. The smallest absolute Gasteiger partial charge is 0.255 e. The van der Waals surface area contributed by atoms with Gasteiger partial charge in [0.1, 0.15) is 5.75 Å². The summed E-state index contributed by atoms with van der Waals surface area (Å²) in [5.74, 6) is 1.06. The van der Waals surface area contributed by atoms with E-state index in [0.717, 1.165) is 25.9 Å². The number of benzene rings is 1. The molecule has 0 spiro atoms. The topological polar surface area (TPSA) is 54.5 Å². The highest BCUT2D eigenvalue weighted by molar-refractivity contribution is 5.96. The molecule has 0 bridgehead atoms. The molecule has 0 unspecified atom stereocenters. The summed E-state index contributed by atoms with van der Waals surface area (Å²) in [6.07, 6.45) is 5.84. The number of nitrogens with one attached hydrogen (secondary N) is 1. The van der Waals surface area contributed by atoms with Crippen LogP contribution in [0.5, 0.6) is 5.75 Å². The van der Waals surface area contributed by atoms with Gasteiger partial charge in [-0.3, -0.25) is 9.78 Å². The number of methoxy groups -OCH3 is 1. The number of carbonyl (C=O) groups excluding carboxylic acids is 1. The fourth-order valence-corrected chi connectivity index (χ4v) is 3.10. The summed E-state index contributed by atoms with van der Waals surface area (Å²) in [4.78, 5) is 18.9. The highest BCUT2D eigenvalue weighted by Gasteiger charge is 2.20. The summed E-state index contributed by atoms with van der Waals surface area (Å²) >= 11 is 0. The molecule has 0 atom stereocenters. The molecule has 1 N–H and O–H groups in total. The van der Waals surface area contributed by atoms with E-state index in [2.05, 4.69) is 21.3 Å². The predicted molar refractivity (Wildman–Crippen MR) is 94.5 cm³/mol. The number of rotatable bonds is 5. The van der Waals surface area contributed by atoms with Crippen molar-refractivity contribution < 1.29 is 9.53 Å². The summed E-state index contributed by atoms with van der Waals surface area (Å²) in [6.45, 7) is 2.71. The Hall–Kier alpha value is -2.56. The van der Waals surface area contributed by atoms with Crippen molar-refractivity contribution >= 4 is 11.6 Å². The molecule has 2 aromatic rings. The molecule has 1 aromatic heterocycles. The zero-order valence-corrected chi connectivity index (χ0v) is 13.9. The molecular formula is C19H23N3O2. The summed E-state index contributed by atoms with van der Waals surface area (Å²) in [6, 6.07) is 11.4. The molecule has 3 rings (SSSR count). The van der Waals surface area contributed by atoms with Gasteiger partial charge >= 0.3 is 0 Å². The van der Waals surface area contributed by atoms with E-state index < -0.39 is 0 Å². The van der Waals surface area contributed by atoms with Crippen molar-refractivity contribution in [2.45, 2.75) is 12.8 Å². The van der Waals surface area contributed by atoms with Crippen LogP contribution in [0.2, 0.25) is 0 Å². The zero-order valence-electron chi connectivity index (χ0n) is 13.9. The van der Waals surface area contributed by atoms with Gasteiger partial charge in [-0.2, -0.15) is 0 Å². The number of amides is 1. The minimum atomic E-state index is -0.0675. The molecule has 5 heteroatoms. The maximum absolute atomic E-state index is 12.3. The van der Waals surface area contributed by atoms with Crippen LogP contribution in [-0.2, 0) is 0 Å². The minimum absolute atomic E-state index is 0.0675. The Labute approximate surface area is 142 Å². The van der Waals surface area contributed by atoms with Crippen LogP contribution in [0, 0.1) is 5.92 Å². The largest absolute Gasteiger partial charge is 0.496 e. The van der Waals surface area contributed by atoms with E-state index in [1.807, 2.05) is 24.4 Å². The molecule has 0 aliphatic carbocycles. The summed E-state index contributed by atoms with van der Waals surface area (Å²) in [5, 5.41) is 3.05. The molecule has 1 amide bonds. The number of para-hydroxylation sites is 1. The van der Waals surface area contributed by atoms with Gasteiger partial charge in [-0.15, -0.1) is 0 Å². The van der Waals surface area contributed by atoms with Gasteiger partial charge in [0.05, 0.1) is 24.6 Å². The predicted octanol–water partition coefficient (Wildman–Crippen LogP) is 2.74. The third kappa shape index (κ3) is 3.85. The highest BCUT2D eigenvalue weighted by atomic mass is 16.5. The van der Waals surface area contributed by atoms with Gasteiger partial charge in [-0.25, -0.2) is 0 Å². The van der Waals surface area contributed by atoms with E-state index in [-0.39, 0.29) is 5.91 Å². The van der Waals surface area contributed by atoms with Crippen molar-refractivity contribution in [2.75, 3.05) is 31.6 Å². The van der Waals surface area contributed by atoms with Gasteiger partial charge in [-0.05, 0) is 43.0 Å². The number of ether oxygens (including phenoxy) is 1. The summed E-state index contributed by atoms with van der Waals surface area (Å²) < 4.78 is 5.25. The Kier molecular flexibility index (Phi) is 5.31. The van der Waals surface area contributed by atoms with Crippen LogP contribution in [0.1, 0.15) is 23.2 Å². The second-order valence-corrected chi connectivity index (χ2v) is 6.05. The third-order valence-corrected chi connectivity index (χ3v) is 4.53. The van der Waals surface area contributed by atoms with Gasteiger partial charge in [0.15, 0.2) is 0 Å². The first-order valence-electron chi connectivity index (χ1n) is 8.34. The van der Waals surface area contributed by atoms with Gasteiger partial charge < -0.3 is 15.0 Å². The van der Waals surface area contributed by atoms with Crippen LogP contribution in [0.15, 0.2) is 48.8 Å². The van der Waals surface area contributed by atoms with Crippen molar-refractivity contribution in [3.63, 3.8) is 0 Å². The van der Waals surface area contributed by atoms with Crippen LogP contribution >= 0.6 is 0 Å². The highest BCUT2D eigenvalue weighted by Crippen LogP contribution is 2.22. The molecule has 1 aliphatic rings.